The average molecular weight is 482 g/mol. The molecular weight excluding hydrogens is 450 g/mol. The highest BCUT2D eigenvalue weighted by Gasteiger charge is 2.24. The fourth-order valence-electron chi connectivity index (χ4n) is 4.13. The molecule has 0 saturated carbocycles. The first-order valence-electron chi connectivity index (χ1n) is 11.5. The van der Waals surface area contributed by atoms with Gasteiger partial charge in [0.2, 0.25) is 10.0 Å². The van der Waals surface area contributed by atoms with Crippen LogP contribution in [0.3, 0.4) is 0 Å². The van der Waals surface area contributed by atoms with Crippen LogP contribution >= 0.6 is 0 Å². The molecular formula is C25H31N5O3S. The van der Waals surface area contributed by atoms with Crippen LogP contribution in [0.1, 0.15) is 35.2 Å². The molecule has 0 aliphatic carbocycles. The number of sulfonamides is 1. The Morgan fingerprint density at radius 3 is 2.44 bits per heavy atom. The van der Waals surface area contributed by atoms with Crippen molar-refractivity contribution in [2.24, 2.45) is 0 Å². The predicted octanol–water partition coefficient (Wildman–Crippen LogP) is 3.09. The molecule has 2 heterocycles. The lowest BCUT2D eigenvalue weighted by molar-refractivity contribution is 0.0954. The zero-order valence-electron chi connectivity index (χ0n) is 19.6. The Bertz CT molecular complexity index is 1220. The molecule has 1 aromatic heterocycles. The van der Waals surface area contributed by atoms with Crippen LogP contribution in [-0.4, -0.2) is 62.1 Å². The third-order valence-corrected chi connectivity index (χ3v) is 7.90. The molecule has 4 rings (SSSR count). The van der Waals surface area contributed by atoms with Gasteiger partial charge >= 0.3 is 0 Å². The first kappa shape index (κ1) is 24.0. The quantitative estimate of drug-likeness (QED) is 0.534. The van der Waals surface area contributed by atoms with Crippen LogP contribution in [0, 0.1) is 0 Å². The summed E-state index contributed by atoms with van der Waals surface area (Å²) in [5.41, 5.74) is 3.26. The zero-order valence-corrected chi connectivity index (χ0v) is 20.5. The van der Waals surface area contributed by atoms with Gasteiger partial charge in [-0.05, 0) is 67.6 Å². The van der Waals surface area contributed by atoms with Crippen LogP contribution in [-0.2, 0) is 16.4 Å². The van der Waals surface area contributed by atoms with Gasteiger partial charge in [-0.3, -0.25) is 4.79 Å². The number of anilines is 1. The largest absolute Gasteiger partial charge is 0.371 e. The van der Waals surface area contributed by atoms with E-state index in [4.69, 9.17) is 0 Å². The second-order valence-electron chi connectivity index (χ2n) is 8.64. The Morgan fingerprint density at radius 1 is 1.06 bits per heavy atom. The molecule has 2 aromatic carbocycles. The van der Waals surface area contributed by atoms with E-state index in [1.165, 1.54) is 26.6 Å². The van der Waals surface area contributed by atoms with Crippen molar-refractivity contribution in [3.05, 3.63) is 72.1 Å². The SMILES string of the molecule is CN(C)S(=O)(=O)c1ccc(N2CCCCC2)c(C(=O)NCCc2ccc(-n3cccn3)cc2)c1. The molecule has 0 bridgehead atoms. The van der Waals surface area contributed by atoms with E-state index in [-0.39, 0.29) is 10.8 Å². The molecule has 8 nitrogen and oxygen atoms in total. The molecule has 1 aliphatic heterocycles. The number of carbonyl (C=O) groups is 1. The van der Waals surface area contributed by atoms with E-state index >= 15 is 0 Å². The monoisotopic (exact) mass is 481 g/mol. The van der Waals surface area contributed by atoms with Crippen molar-refractivity contribution in [3.63, 3.8) is 0 Å². The van der Waals surface area contributed by atoms with Gasteiger partial charge in [0.15, 0.2) is 0 Å². The molecule has 1 amide bonds. The summed E-state index contributed by atoms with van der Waals surface area (Å²) in [6, 6.07) is 14.8. The molecule has 0 atom stereocenters. The summed E-state index contributed by atoms with van der Waals surface area (Å²) in [6.45, 7) is 2.18. The molecule has 0 spiro atoms. The van der Waals surface area contributed by atoms with Crippen molar-refractivity contribution >= 4 is 21.6 Å². The van der Waals surface area contributed by atoms with Crippen molar-refractivity contribution in [2.75, 3.05) is 38.6 Å². The van der Waals surface area contributed by atoms with E-state index in [2.05, 4.69) is 15.3 Å². The Balaban J connectivity index is 1.49. The first-order chi connectivity index (χ1) is 16.4. The normalized spacial score (nSPS) is 14.4. The summed E-state index contributed by atoms with van der Waals surface area (Å²) in [5.74, 6) is -0.260. The van der Waals surface area contributed by atoms with Crippen molar-refractivity contribution in [2.45, 2.75) is 30.6 Å². The second-order valence-corrected chi connectivity index (χ2v) is 10.8. The fraction of sp³-hybridized carbons (Fsp3) is 0.360. The molecule has 34 heavy (non-hydrogen) atoms. The van der Waals surface area contributed by atoms with Gasteiger partial charge < -0.3 is 10.2 Å². The number of nitrogens with one attached hydrogen (secondary N) is 1. The van der Waals surface area contributed by atoms with Gasteiger partial charge in [-0.15, -0.1) is 0 Å². The Hall–Kier alpha value is -3.17. The summed E-state index contributed by atoms with van der Waals surface area (Å²) >= 11 is 0. The fourth-order valence-corrected chi connectivity index (χ4v) is 5.06. The molecule has 1 saturated heterocycles. The van der Waals surface area contributed by atoms with Gasteiger partial charge in [0.1, 0.15) is 0 Å². The summed E-state index contributed by atoms with van der Waals surface area (Å²) < 4.78 is 28.3. The van der Waals surface area contributed by atoms with Crippen molar-refractivity contribution in [1.82, 2.24) is 19.4 Å². The van der Waals surface area contributed by atoms with E-state index in [9.17, 15) is 13.2 Å². The Kier molecular flexibility index (Phi) is 7.33. The lowest BCUT2D eigenvalue weighted by Crippen LogP contribution is -2.33. The number of hydrogen-bond acceptors (Lipinski definition) is 5. The second kappa shape index (κ2) is 10.4. The molecule has 0 unspecified atom stereocenters. The lowest BCUT2D eigenvalue weighted by Gasteiger charge is -2.30. The number of rotatable bonds is 8. The zero-order chi connectivity index (χ0) is 24.1. The highest BCUT2D eigenvalue weighted by molar-refractivity contribution is 7.89. The number of benzene rings is 2. The van der Waals surface area contributed by atoms with Crippen molar-refractivity contribution in [1.29, 1.82) is 0 Å². The minimum atomic E-state index is -3.64. The smallest absolute Gasteiger partial charge is 0.253 e. The van der Waals surface area contributed by atoms with Crippen LogP contribution < -0.4 is 10.2 Å². The molecule has 1 aliphatic rings. The van der Waals surface area contributed by atoms with E-state index in [1.54, 1.807) is 23.0 Å². The summed E-state index contributed by atoms with van der Waals surface area (Å²) in [7, 11) is -0.656. The van der Waals surface area contributed by atoms with Crippen LogP contribution in [0.5, 0.6) is 0 Å². The molecule has 9 heteroatoms. The lowest BCUT2D eigenvalue weighted by atomic mass is 10.1. The van der Waals surface area contributed by atoms with Gasteiger partial charge in [0.25, 0.3) is 5.91 Å². The van der Waals surface area contributed by atoms with Crippen molar-refractivity contribution < 1.29 is 13.2 Å². The molecule has 3 aromatic rings. The number of hydrogen-bond donors (Lipinski definition) is 1. The van der Waals surface area contributed by atoms with Gasteiger partial charge in [0.05, 0.1) is 16.1 Å². The number of amides is 1. The van der Waals surface area contributed by atoms with E-state index in [0.29, 0.717) is 18.5 Å². The van der Waals surface area contributed by atoms with Gasteiger partial charge in [-0.2, -0.15) is 5.10 Å². The molecule has 1 N–H and O–H groups in total. The number of nitrogens with zero attached hydrogens (tertiary/aromatic N) is 4. The summed E-state index contributed by atoms with van der Waals surface area (Å²) in [4.78, 5) is 15.5. The maximum Gasteiger partial charge on any atom is 0.253 e. The predicted molar refractivity (Wildman–Crippen MR) is 133 cm³/mol. The highest BCUT2D eigenvalue weighted by atomic mass is 32.2. The first-order valence-corrected chi connectivity index (χ1v) is 13.0. The summed E-state index contributed by atoms with van der Waals surface area (Å²) in [6.07, 6.45) is 7.59. The van der Waals surface area contributed by atoms with Gasteiger partial charge in [0, 0.05) is 51.8 Å². The van der Waals surface area contributed by atoms with Crippen LogP contribution in [0.4, 0.5) is 5.69 Å². The van der Waals surface area contributed by atoms with Crippen LogP contribution in [0.15, 0.2) is 65.8 Å². The highest BCUT2D eigenvalue weighted by Crippen LogP contribution is 2.28. The van der Waals surface area contributed by atoms with E-state index in [0.717, 1.165) is 47.2 Å². The minimum Gasteiger partial charge on any atom is -0.371 e. The third-order valence-electron chi connectivity index (χ3n) is 6.09. The summed E-state index contributed by atoms with van der Waals surface area (Å²) in [5, 5.41) is 7.21. The minimum absolute atomic E-state index is 0.123. The van der Waals surface area contributed by atoms with Gasteiger partial charge in [-0.1, -0.05) is 12.1 Å². The standard InChI is InChI=1S/C25H31N5O3S/c1-28(2)34(32,33)22-11-12-24(29-16-4-3-5-17-29)23(19-22)25(31)26-15-13-20-7-9-21(10-8-20)30-18-6-14-27-30/h6-12,14,18-19H,3-5,13,15-17H2,1-2H3,(H,26,31). The Morgan fingerprint density at radius 2 is 1.79 bits per heavy atom. The Labute approximate surface area is 201 Å². The van der Waals surface area contributed by atoms with Crippen LogP contribution in [0.2, 0.25) is 0 Å². The molecule has 180 valence electrons. The van der Waals surface area contributed by atoms with Crippen LogP contribution in [0.25, 0.3) is 5.69 Å². The number of carbonyl (C=O) groups excluding carboxylic acids is 1. The van der Waals surface area contributed by atoms with E-state index in [1.807, 2.05) is 36.5 Å². The maximum atomic E-state index is 13.2. The topological polar surface area (TPSA) is 87.5 Å². The molecule has 0 radical (unpaired) electrons. The maximum absolute atomic E-state index is 13.2. The van der Waals surface area contributed by atoms with E-state index < -0.39 is 10.0 Å². The number of piperidine rings is 1. The number of aromatic nitrogens is 2. The van der Waals surface area contributed by atoms with Crippen molar-refractivity contribution in [3.8, 4) is 5.69 Å². The average Bonchev–Trinajstić information content (AvgIpc) is 3.39. The third kappa shape index (κ3) is 5.31. The molecule has 1 fully saturated rings. The van der Waals surface area contributed by atoms with Gasteiger partial charge in [-0.25, -0.2) is 17.4 Å².